The number of thiophene rings is 1. The van der Waals surface area contributed by atoms with Crippen LogP contribution in [0.1, 0.15) is 39.1 Å². The van der Waals surface area contributed by atoms with Crippen LogP contribution in [0.15, 0.2) is 14.6 Å². The standard InChI is InChI=1S/C16H18BrN3O3S/c1-15(2,3)16-5-7(16)6-20(14(22)23)11(16)12-18-8-4-9(17)24-10(8)13(21)19-12/h4,7,11H,5-6H2,1-3H3,(H,22,23)(H,18,19,21)/t7-,11+,16+/m0/s1. The molecular formula is C16H18BrN3O3S. The maximum Gasteiger partial charge on any atom is 0.407 e. The minimum Gasteiger partial charge on any atom is -0.465 e. The highest BCUT2D eigenvalue weighted by molar-refractivity contribution is 9.11. The SMILES string of the molecule is CC(C)(C)[C@]12C[C@H]1CN(C(=O)O)[C@@H]2c1nc2cc(Br)sc2c(=O)[nH]1. The zero-order chi connectivity index (χ0) is 17.4. The fraction of sp³-hybridized carbons (Fsp3) is 0.562. The Morgan fingerprint density at radius 2 is 2.25 bits per heavy atom. The van der Waals surface area contributed by atoms with Crippen LogP contribution in [-0.4, -0.2) is 32.6 Å². The molecule has 1 saturated heterocycles. The Bertz CT molecular complexity index is 915. The van der Waals surface area contributed by atoms with Crippen LogP contribution >= 0.6 is 27.3 Å². The van der Waals surface area contributed by atoms with E-state index in [4.69, 9.17) is 0 Å². The smallest absolute Gasteiger partial charge is 0.407 e. The van der Waals surface area contributed by atoms with E-state index in [0.717, 1.165) is 10.2 Å². The average molecular weight is 412 g/mol. The van der Waals surface area contributed by atoms with Crippen molar-refractivity contribution < 1.29 is 9.90 Å². The Labute approximate surface area is 151 Å². The number of H-pyrrole nitrogens is 1. The minimum absolute atomic E-state index is 0.0741. The van der Waals surface area contributed by atoms with Crippen molar-refractivity contribution in [3.63, 3.8) is 0 Å². The molecule has 2 aromatic rings. The van der Waals surface area contributed by atoms with Gasteiger partial charge >= 0.3 is 6.09 Å². The number of piperidine rings is 1. The lowest BCUT2D eigenvalue weighted by Crippen LogP contribution is -2.40. The predicted molar refractivity (Wildman–Crippen MR) is 95.4 cm³/mol. The fourth-order valence-electron chi connectivity index (χ4n) is 4.50. The molecule has 2 aromatic heterocycles. The van der Waals surface area contributed by atoms with Crippen molar-refractivity contribution in [3.05, 3.63) is 26.0 Å². The third-order valence-corrected chi connectivity index (χ3v) is 7.27. The second-order valence-corrected chi connectivity index (χ2v) is 10.2. The number of nitrogens with one attached hydrogen (secondary N) is 1. The molecule has 128 valence electrons. The molecule has 0 radical (unpaired) electrons. The average Bonchev–Trinajstić information content (AvgIpc) is 2.89. The van der Waals surface area contributed by atoms with Crippen LogP contribution in [0.4, 0.5) is 4.79 Å². The third-order valence-electron chi connectivity index (χ3n) is 5.64. The summed E-state index contributed by atoms with van der Waals surface area (Å²) in [4.78, 5) is 33.2. The summed E-state index contributed by atoms with van der Waals surface area (Å²) in [5.74, 6) is 0.795. The summed E-state index contributed by atoms with van der Waals surface area (Å²) >= 11 is 4.72. The van der Waals surface area contributed by atoms with Crippen molar-refractivity contribution >= 4 is 43.6 Å². The zero-order valence-electron chi connectivity index (χ0n) is 13.6. The van der Waals surface area contributed by atoms with E-state index in [0.29, 0.717) is 28.5 Å². The van der Waals surface area contributed by atoms with Crippen LogP contribution in [0.25, 0.3) is 10.2 Å². The number of carboxylic acid groups (broad SMARTS) is 1. The first-order valence-corrected chi connectivity index (χ1v) is 9.45. The summed E-state index contributed by atoms with van der Waals surface area (Å²) in [6, 6.07) is 1.41. The van der Waals surface area contributed by atoms with Crippen molar-refractivity contribution in [1.82, 2.24) is 14.9 Å². The Morgan fingerprint density at radius 3 is 2.88 bits per heavy atom. The molecule has 3 heterocycles. The number of hydrogen-bond acceptors (Lipinski definition) is 4. The number of carbonyl (C=O) groups is 1. The lowest BCUT2D eigenvalue weighted by atomic mass is 9.72. The van der Waals surface area contributed by atoms with Gasteiger partial charge in [0.2, 0.25) is 0 Å². The van der Waals surface area contributed by atoms with Gasteiger partial charge in [0.05, 0.1) is 15.3 Å². The van der Waals surface area contributed by atoms with Crippen LogP contribution in [0.3, 0.4) is 0 Å². The lowest BCUT2D eigenvalue weighted by molar-refractivity contribution is 0.0839. The second kappa shape index (κ2) is 4.82. The van der Waals surface area contributed by atoms with Gasteiger partial charge in [-0.1, -0.05) is 20.8 Å². The van der Waals surface area contributed by atoms with E-state index in [2.05, 4.69) is 46.7 Å². The molecule has 0 unspecified atom stereocenters. The number of hydrogen-bond donors (Lipinski definition) is 2. The van der Waals surface area contributed by atoms with E-state index in [1.807, 2.05) is 6.07 Å². The Morgan fingerprint density at radius 1 is 1.54 bits per heavy atom. The first kappa shape index (κ1) is 16.1. The van der Waals surface area contributed by atoms with Crippen LogP contribution in [0.2, 0.25) is 0 Å². The molecular weight excluding hydrogens is 394 g/mol. The molecule has 2 fully saturated rings. The van der Waals surface area contributed by atoms with Crippen molar-refractivity contribution in [3.8, 4) is 0 Å². The molecule has 8 heteroatoms. The summed E-state index contributed by atoms with van der Waals surface area (Å²) in [5, 5.41) is 9.65. The number of likely N-dealkylation sites (tertiary alicyclic amines) is 1. The van der Waals surface area contributed by atoms with Crippen LogP contribution in [-0.2, 0) is 0 Å². The van der Waals surface area contributed by atoms with E-state index < -0.39 is 12.1 Å². The minimum atomic E-state index is -0.954. The molecule has 24 heavy (non-hydrogen) atoms. The topological polar surface area (TPSA) is 86.3 Å². The molecule has 4 rings (SSSR count). The first-order chi connectivity index (χ1) is 11.1. The van der Waals surface area contributed by atoms with Gasteiger partial charge < -0.3 is 10.1 Å². The summed E-state index contributed by atoms with van der Waals surface area (Å²) in [7, 11) is 0. The normalized spacial score (nSPS) is 29.1. The first-order valence-electron chi connectivity index (χ1n) is 7.84. The molecule has 1 aliphatic heterocycles. The van der Waals surface area contributed by atoms with Gasteiger partial charge in [0.1, 0.15) is 10.5 Å². The van der Waals surface area contributed by atoms with Crippen molar-refractivity contribution in [1.29, 1.82) is 0 Å². The zero-order valence-corrected chi connectivity index (χ0v) is 16.0. The van der Waals surface area contributed by atoms with Gasteiger partial charge in [0, 0.05) is 12.0 Å². The van der Waals surface area contributed by atoms with E-state index in [9.17, 15) is 14.7 Å². The second-order valence-electron chi connectivity index (χ2n) is 7.74. The largest absolute Gasteiger partial charge is 0.465 e. The number of amides is 1. The fourth-order valence-corrected chi connectivity index (χ4v) is 5.92. The quantitative estimate of drug-likeness (QED) is 0.746. The molecule has 0 spiro atoms. The van der Waals surface area contributed by atoms with Gasteiger partial charge in [0.25, 0.3) is 5.56 Å². The van der Waals surface area contributed by atoms with Crippen LogP contribution < -0.4 is 5.56 Å². The van der Waals surface area contributed by atoms with E-state index in [1.165, 1.54) is 16.2 Å². The Kier molecular flexibility index (Phi) is 3.23. The van der Waals surface area contributed by atoms with Crippen molar-refractivity contribution in [2.45, 2.75) is 33.2 Å². The van der Waals surface area contributed by atoms with E-state index in [1.54, 1.807) is 0 Å². The van der Waals surface area contributed by atoms with Gasteiger partial charge in [-0.15, -0.1) is 11.3 Å². The van der Waals surface area contributed by atoms with Gasteiger partial charge in [-0.05, 0) is 39.8 Å². The number of aromatic amines is 1. The molecule has 2 N–H and O–H groups in total. The van der Waals surface area contributed by atoms with Gasteiger partial charge in [-0.3, -0.25) is 9.69 Å². The molecule has 3 atom stereocenters. The van der Waals surface area contributed by atoms with Gasteiger partial charge in [-0.2, -0.15) is 0 Å². The lowest BCUT2D eigenvalue weighted by Gasteiger charge is -2.37. The highest BCUT2D eigenvalue weighted by Crippen LogP contribution is 2.74. The molecule has 2 aliphatic rings. The maximum atomic E-state index is 12.4. The molecule has 1 aliphatic carbocycles. The van der Waals surface area contributed by atoms with Crippen molar-refractivity contribution in [2.75, 3.05) is 6.54 Å². The number of rotatable bonds is 1. The monoisotopic (exact) mass is 411 g/mol. The van der Waals surface area contributed by atoms with Crippen LogP contribution in [0.5, 0.6) is 0 Å². The number of halogens is 1. The molecule has 1 saturated carbocycles. The third kappa shape index (κ3) is 2.02. The van der Waals surface area contributed by atoms with Crippen molar-refractivity contribution in [2.24, 2.45) is 16.7 Å². The van der Waals surface area contributed by atoms with E-state index in [-0.39, 0.29) is 16.4 Å². The molecule has 6 nitrogen and oxygen atoms in total. The highest BCUT2D eigenvalue weighted by atomic mass is 79.9. The summed E-state index contributed by atoms with van der Waals surface area (Å²) < 4.78 is 1.40. The number of nitrogens with zero attached hydrogens (tertiary/aromatic N) is 2. The molecule has 0 aromatic carbocycles. The Balaban J connectivity index is 1.91. The van der Waals surface area contributed by atoms with E-state index >= 15 is 0 Å². The summed E-state index contributed by atoms with van der Waals surface area (Å²) in [6.45, 7) is 6.93. The predicted octanol–water partition coefficient (Wildman–Crippen LogP) is 3.83. The summed E-state index contributed by atoms with van der Waals surface area (Å²) in [6.07, 6.45) is 0.0186. The Hall–Kier alpha value is -1.41. The van der Waals surface area contributed by atoms with Gasteiger partial charge in [0.15, 0.2) is 0 Å². The summed E-state index contributed by atoms with van der Waals surface area (Å²) in [5.41, 5.74) is 0.172. The number of fused-ring (bicyclic) bond motifs is 2. The maximum absolute atomic E-state index is 12.4. The number of aromatic nitrogens is 2. The highest BCUT2D eigenvalue weighted by Gasteiger charge is 2.72. The van der Waals surface area contributed by atoms with Gasteiger partial charge in [-0.25, -0.2) is 9.78 Å². The van der Waals surface area contributed by atoms with Crippen LogP contribution in [0, 0.1) is 16.7 Å². The molecule has 0 bridgehead atoms. The molecule has 1 amide bonds.